The molecule has 3 fully saturated rings. The van der Waals surface area contributed by atoms with Crippen LogP contribution in [0.5, 0.6) is 0 Å². The van der Waals surface area contributed by atoms with E-state index >= 15 is 0 Å². The molecule has 1 aromatic rings. The van der Waals surface area contributed by atoms with Crippen molar-refractivity contribution in [2.24, 2.45) is 16.3 Å². The van der Waals surface area contributed by atoms with Crippen molar-refractivity contribution >= 4 is 23.7 Å². The first kappa shape index (κ1) is 17.8. The zero-order chi connectivity index (χ0) is 19.7. The first-order chi connectivity index (χ1) is 13.5. The maximum absolute atomic E-state index is 14.0. The zero-order valence-corrected chi connectivity index (χ0v) is 16.3. The smallest absolute Gasteiger partial charge is 0.319 e. The number of esters is 1. The second-order valence-electron chi connectivity index (χ2n) is 8.14. The molecule has 6 nitrogen and oxygen atoms in total. The number of hydrogen-bond acceptors (Lipinski definition) is 6. The summed E-state index contributed by atoms with van der Waals surface area (Å²) in [6, 6.07) is 7.42. The molecule has 0 aromatic heterocycles. The van der Waals surface area contributed by atoms with E-state index in [1.807, 2.05) is 31.2 Å². The van der Waals surface area contributed by atoms with Crippen molar-refractivity contribution in [3.63, 3.8) is 0 Å². The van der Waals surface area contributed by atoms with E-state index in [1.54, 1.807) is 13.3 Å². The van der Waals surface area contributed by atoms with Gasteiger partial charge in [-0.2, -0.15) is 0 Å². The first-order valence-corrected chi connectivity index (χ1v) is 9.76. The van der Waals surface area contributed by atoms with Gasteiger partial charge >= 0.3 is 5.97 Å². The quantitative estimate of drug-likeness (QED) is 0.582. The fourth-order valence-electron chi connectivity index (χ4n) is 6.25. The molecule has 5 rings (SSSR count). The number of ketones is 1. The fraction of sp³-hybridized carbons (Fsp3) is 0.500. The van der Waals surface area contributed by atoms with Gasteiger partial charge in [-0.1, -0.05) is 29.8 Å². The molecule has 1 aliphatic carbocycles. The molecule has 0 radical (unpaired) electrons. The standard InChI is InChI=1S/C22H24N2O4/c1-4-13-11-24-17-9-15(13)22(20(26)28-3)12-23-16-8-6-5-7-14(16)21(22,19(17)25)10-18(24)27-2/h4-8,12,15,17-18H,9-11H2,1-3H3/b13-4+/t15-,17-,18-,21+,22-/m0/s1. The molecule has 4 aliphatic rings. The largest absolute Gasteiger partial charge is 0.468 e. The van der Waals surface area contributed by atoms with Crippen LogP contribution in [0.4, 0.5) is 5.69 Å². The Morgan fingerprint density at radius 1 is 1.32 bits per heavy atom. The van der Waals surface area contributed by atoms with Crippen molar-refractivity contribution in [1.29, 1.82) is 0 Å². The van der Waals surface area contributed by atoms with Crippen LogP contribution in [0.2, 0.25) is 0 Å². The minimum absolute atomic E-state index is 0.0937. The minimum atomic E-state index is -1.14. The number of methoxy groups -OCH3 is 2. The highest BCUT2D eigenvalue weighted by atomic mass is 16.5. The third-order valence-electron chi connectivity index (χ3n) is 7.44. The van der Waals surface area contributed by atoms with Crippen molar-refractivity contribution < 1.29 is 19.1 Å². The van der Waals surface area contributed by atoms with Gasteiger partial charge in [0.05, 0.1) is 24.3 Å². The van der Waals surface area contributed by atoms with E-state index in [4.69, 9.17) is 9.47 Å². The summed E-state index contributed by atoms with van der Waals surface area (Å²) in [7, 11) is 3.08. The van der Waals surface area contributed by atoms with Crippen molar-refractivity contribution in [3.8, 4) is 0 Å². The number of nitrogens with zero attached hydrogens (tertiary/aromatic N) is 2. The molecular formula is C22H24N2O4. The number of carbonyl (C=O) groups is 2. The number of para-hydroxylation sites is 1. The number of fused-ring (bicyclic) bond motifs is 3. The molecule has 28 heavy (non-hydrogen) atoms. The lowest BCUT2D eigenvalue weighted by molar-refractivity contribution is -0.192. The van der Waals surface area contributed by atoms with Crippen LogP contribution in [-0.2, 0) is 24.5 Å². The van der Waals surface area contributed by atoms with Crippen LogP contribution in [-0.4, -0.2) is 55.9 Å². The molecular weight excluding hydrogens is 356 g/mol. The van der Waals surface area contributed by atoms with E-state index in [-0.39, 0.29) is 29.9 Å². The third kappa shape index (κ3) is 1.78. The van der Waals surface area contributed by atoms with Crippen LogP contribution < -0.4 is 0 Å². The van der Waals surface area contributed by atoms with Crippen molar-refractivity contribution in [3.05, 3.63) is 41.5 Å². The minimum Gasteiger partial charge on any atom is -0.468 e. The molecule has 3 heterocycles. The average molecular weight is 380 g/mol. The summed E-state index contributed by atoms with van der Waals surface area (Å²) in [6.07, 6.45) is 4.55. The topological polar surface area (TPSA) is 68.2 Å². The molecule has 146 valence electrons. The lowest BCUT2D eigenvalue weighted by atomic mass is 9.42. The second-order valence-corrected chi connectivity index (χ2v) is 8.14. The predicted molar refractivity (Wildman–Crippen MR) is 104 cm³/mol. The Morgan fingerprint density at radius 2 is 2.11 bits per heavy atom. The first-order valence-electron chi connectivity index (χ1n) is 9.76. The van der Waals surface area contributed by atoms with Crippen LogP contribution >= 0.6 is 0 Å². The van der Waals surface area contributed by atoms with Gasteiger partial charge < -0.3 is 9.47 Å². The summed E-state index contributed by atoms with van der Waals surface area (Å²) in [5.41, 5.74) is 0.542. The Bertz CT molecular complexity index is 938. The number of hydrogen-bond donors (Lipinski definition) is 0. The van der Waals surface area contributed by atoms with E-state index in [0.717, 1.165) is 16.8 Å². The zero-order valence-electron chi connectivity index (χ0n) is 16.3. The van der Waals surface area contributed by atoms with Crippen molar-refractivity contribution in [2.75, 3.05) is 20.8 Å². The van der Waals surface area contributed by atoms with Crippen LogP contribution in [0.3, 0.4) is 0 Å². The SMILES string of the molecule is C/C=C1\CN2[C@@H](OC)C[C@@]34C(=O)[C@@H]2C[C@@H]1[C@]3(C(=O)OC)C=Nc1ccccc14. The molecule has 1 saturated carbocycles. The monoisotopic (exact) mass is 380 g/mol. The van der Waals surface area contributed by atoms with Crippen molar-refractivity contribution in [1.82, 2.24) is 4.90 Å². The van der Waals surface area contributed by atoms with Gasteiger partial charge in [0.15, 0.2) is 5.78 Å². The molecule has 0 amide bonds. The van der Waals surface area contributed by atoms with E-state index < -0.39 is 10.8 Å². The van der Waals surface area contributed by atoms with E-state index in [1.165, 1.54) is 7.11 Å². The average Bonchev–Trinajstić information content (AvgIpc) is 2.73. The van der Waals surface area contributed by atoms with Gasteiger partial charge in [-0.3, -0.25) is 19.5 Å². The van der Waals surface area contributed by atoms with Gasteiger partial charge in [0.1, 0.15) is 11.6 Å². The Kier molecular flexibility index (Phi) is 3.71. The lowest BCUT2D eigenvalue weighted by Gasteiger charge is -2.65. The maximum atomic E-state index is 14.0. The van der Waals surface area contributed by atoms with Gasteiger partial charge in [0.25, 0.3) is 0 Å². The van der Waals surface area contributed by atoms with Crippen LogP contribution in [0.25, 0.3) is 0 Å². The molecule has 0 N–H and O–H groups in total. The number of allylic oxidation sites excluding steroid dienone is 1. The Labute approximate surface area is 164 Å². The Morgan fingerprint density at radius 3 is 2.82 bits per heavy atom. The van der Waals surface area contributed by atoms with Crippen LogP contribution in [0.1, 0.15) is 25.3 Å². The summed E-state index contributed by atoms with van der Waals surface area (Å²) in [6.45, 7) is 2.62. The highest BCUT2D eigenvalue weighted by Gasteiger charge is 2.75. The van der Waals surface area contributed by atoms with Gasteiger partial charge in [-0.05, 0) is 25.0 Å². The van der Waals surface area contributed by atoms with Crippen molar-refractivity contribution in [2.45, 2.75) is 37.5 Å². The van der Waals surface area contributed by atoms with Gasteiger partial charge in [0, 0.05) is 32.2 Å². The number of rotatable bonds is 2. The number of carbonyl (C=O) groups excluding carboxylic acids is 2. The summed E-state index contributed by atoms with van der Waals surface area (Å²) in [4.78, 5) is 34.3. The summed E-state index contributed by atoms with van der Waals surface area (Å²) in [5.74, 6) is -0.401. The number of piperidine rings is 2. The van der Waals surface area contributed by atoms with Gasteiger partial charge in [-0.15, -0.1) is 0 Å². The second kappa shape index (κ2) is 5.84. The van der Waals surface area contributed by atoms with E-state index in [9.17, 15) is 9.59 Å². The van der Waals surface area contributed by atoms with E-state index in [2.05, 4.69) is 16.0 Å². The van der Waals surface area contributed by atoms with Gasteiger partial charge in [-0.25, -0.2) is 0 Å². The normalized spacial score (nSPS) is 39.6. The molecule has 1 spiro atoms. The molecule has 3 aliphatic heterocycles. The molecule has 0 unspecified atom stereocenters. The number of aliphatic imine (C=N–C) groups is 1. The maximum Gasteiger partial charge on any atom is 0.319 e. The fourth-order valence-corrected chi connectivity index (χ4v) is 6.25. The number of benzene rings is 1. The molecule has 3 bridgehead atoms. The van der Waals surface area contributed by atoms with Crippen LogP contribution in [0, 0.1) is 11.3 Å². The van der Waals surface area contributed by atoms with E-state index in [0.29, 0.717) is 19.4 Å². The number of ether oxygens (including phenoxy) is 2. The molecule has 1 aromatic carbocycles. The summed E-state index contributed by atoms with van der Waals surface area (Å²) >= 11 is 0. The van der Waals surface area contributed by atoms with Crippen LogP contribution in [0.15, 0.2) is 40.9 Å². The summed E-state index contributed by atoms with van der Waals surface area (Å²) in [5, 5.41) is 0. The Hall–Kier alpha value is -2.31. The molecule has 6 heteroatoms. The molecule has 5 atom stereocenters. The predicted octanol–water partition coefficient (Wildman–Crippen LogP) is 2.40. The third-order valence-corrected chi connectivity index (χ3v) is 7.44. The molecule has 2 saturated heterocycles. The number of Topliss-reactive ketones (excluding diaryl/α,β-unsaturated/α-hetero) is 1. The summed E-state index contributed by atoms with van der Waals surface area (Å²) < 4.78 is 11.2. The highest BCUT2D eigenvalue weighted by Crippen LogP contribution is 2.65. The lowest BCUT2D eigenvalue weighted by Crippen LogP contribution is -2.77. The van der Waals surface area contributed by atoms with Gasteiger partial charge in [0.2, 0.25) is 0 Å². The highest BCUT2D eigenvalue weighted by molar-refractivity contribution is 6.13. The Balaban J connectivity index is 1.89.